The topological polar surface area (TPSA) is 61.9 Å². The molecule has 0 saturated carbocycles. The standard InChI is InChI=1S/C17H23N3O3/c1-18-17(22)20-10-13-9-14(23-2)11-19(13)16(21)15(20)8-12-6-4-3-5-7-12/h3-7,13-15H,8-11H2,1-2H3,(H,18,22)/t13-,14-,15-/m0/s1. The van der Waals surface area contributed by atoms with Gasteiger partial charge in [0.1, 0.15) is 6.04 Å². The van der Waals surface area contributed by atoms with Crippen molar-refractivity contribution in [3.05, 3.63) is 35.9 Å². The zero-order valence-electron chi connectivity index (χ0n) is 13.6. The third kappa shape index (κ3) is 3.03. The molecule has 2 fully saturated rings. The van der Waals surface area contributed by atoms with Crippen molar-refractivity contribution in [3.8, 4) is 0 Å². The highest BCUT2D eigenvalue weighted by Crippen LogP contribution is 2.28. The van der Waals surface area contributed by atoms with Crippen LogP contribution in [-0.2, 0) is 16.0 Å². The molecule has 0 bridgehead atoms. The van der Waals surface area contributed by atoms with Gasteiger partial charge >= 0.3 is 6.03 Å². The van der Waals surface area contributed by atoms with Gasteiger partial charge in [0.05, 0.1) is 12.1 Å². The zero-order chi connectivity index (χ0) is 16.4. The number of amides is 3. The highest BCUT2D eigenvalue weighted by atomic mass is 16.5. The molecular weight excluding hydrogens is 294 g/mol. The number of benzene rings is 1. The quantitative estimate of drug-likeness (QED) is 0.900. The molecule has 2 saturated heterocycles. The maximum Gasteiger partial charge on any atom is 0.317 e. The molecule has 2 aliphatic heterocycles. The number of ether oxygens (including phenoxy) is 1. The lowest BCUT2D eigenvalue weighted by atomic mass is 9.99. The van der Waals surface area contributed by atoms with Crippen LogP contribution in [0.25, 0.3) is 0 Å². The Hall–Kier alpha value is -2.08. The van der Waals surface area contributed by atoms with Crippen LogP contribution >= 0.6 is 0 Å². The molecule has 1 aromatic carbocycles. The molecule has 124 valence electrons. The molecule has 1 N–H and O–H groups in total. The predicted octanol–water partition coefficient (Wildman–Crippen LogP) is 0.869. The van der Waals surface area contributed by atoms with Crippen LogP contribution in [0.2, 0.25) is 0 Å². The van der Waals surface area contributed by atoms with Crippen LogP contribution in [0.3, 0.4) is 0 Å². The van der Waals surface area contributed by atoms with Gasteiger partial charge in [0.2, 0.25) is 5.91 Å². The number of carbonyl (C=O) groups is 2. The molecule has 23 heavy (non-hydrogen) atoms. The SMILES string of the molecule is CNC(=O)N1C[C@@H]2C[C@H](OC)CN2C(=O)[C@@H]1Cc1ccccc1. The molecule has 1 aromatic rings. The second-order valence-corrected chi connectivity index (χ2v) is 6.15. The average Bonchev–Trinajstić information content (AvgIpc) is 3.01. The van der Waals surface area contributed by atoms with Crippen LogP contribution < -0.4 is 5.32 Å². The summed E-state index contributed by atoms with van der Waals surface area (Å²) in [6, 6.07) is 9.23. The molecule has 3 amide bonds. The number of nitrogens with one attached hydrogen (secondary N) is 1. The summed E-state index contributed by atoms with van der Waals surface area (Å²) in [6.07, 6.45) is 1.38. The minimum atomic E-state index is -0.454. The van der Waals surface area contributed by atoms with Gasteiger partial charge in [0, 0.05) is 33.7 Å². The molecule has 6 nitrogen and oxygen atoms in total. The Labute approximate surface area is 136 Å². The Kier molecular flexibility index (Phi) is 4.52. The van der Waals surface area contributed by atoms with Crippen molar-refractivity contribution in [1.82, 2.24) is 15.1 Å². The first-order valence-corrected chi connectivity index (χ1v) is 7.99. The molecule has 0 aliphatic carbocycles. The average molecular weight is 317 g/mol. The maximum atomic E-state index is 13.0. The van der Waals surface area contributed by atoms with E-state index in [2.05, 4.69) is 5.32 Å². The van der Waals surface area contributed by atoms with Crippen LogP contribution in [-0.4, -0.2) is 67.2 Å². The Morgan fingerprint density at radius 1 is 1.30 bits per heavy atom. The number of urea groups is 1. The maximum absolute atomic E-state index is 13.0. The van der Waals surface area contributed by atoms with E-state index in [0.29, 0.717) is 19.5 Å². The molecule has 2 heterocycles. The van der Waals surface area contributed by atoms with Gasteiger partial charge < -0.3 is 19.9 Å². The van der Waals surface area contributed by atoms with Crippen molar-refractivity contribution in [3.63, 3.8) is 0 Å². The normalized spacial score (nSPS) is 27.0. The van der Waals surface area contributed by atoms with Gasteiger partial charge in [-0.25, -0.2) is 4.79 Å². The Morgan fingerprint density at radius 3 is 2.70 bits per heavy atom. The molecular formula is C17H23N3O3. The minimum Gasteiger partial charge on any atom is -0.380 e. The van der Waals surface area contributed by atoms with Crippen molar-refractivity contribution in [2.75, 3.05) is 27.2 Å². The molecule has 6 heteroatoms. The molecule has 3 atom stereocenters. The van der Waals surface area contributed by atoms with E-state index in [0.717, 1.165) is 12.0 Å². The largest absolute Gasteiger partial charge is 0.380 e. The smallest absolute Gasteiger partial charge is 0.317 e. The van der Waals surface area contributed by atoms with Gasteiger partial charge in [-0.15, -0.1) is 0 Å². The predicted molar refractivity (Wildman–Crippen MR) is 86.0 cm³/mol. The number of hydrogen-bond donors (Lipinski definition) is 1. The monoisotopic (exact) mass is 317 g/mol. The summed E-state index contributed by atoms with van der Waals surface area (Å²) in [5.41, 5.74) is 1.06. The fraction of sp³-hybridized carbons (Fsp3) is 0.529. The van der Waals surface area contributed by atoms with E-state index < -0.39 is 6.04 Å². The number of nitrogens with zero attached hydrogens (tertiary/aromatic N) is 2. The van der Waals surface area contributed by atoms with E-state index in [4.69, 9.17) is 4.74 Å². The summed E-state index contributed by atoms with van der Waals surface area (Å²) >= 11 is 0. The third-order valence-corrected chi connectivity index (χ3v) is 4.81. The Balaban J connectivity index is 1.84. The highest BCUT2D eigenvalue weighted by molar-refractivity contribution is 5.89. The number of fused-ring (bicyclic) bond motifs is 1. The number of methoxy groups -OCH3 is 1. The van der Waals surface area contributed by atoms with Crippen molar-refractivity contribution < 1.29 is 14.3 Å². The lowest BCUT2D eigenvalue weighted by Crippen LogP contribution is -2.63. The zero-order valence-corrected chi connectivity index (χ0v) is 13.6. The Bertz CT molecular complexity index is 578. The van der Waals surface area contributed by atoms with Crippen LogP contribution in [0.5, 0.6) is 0 Å². The Morgan fingerprint density at radius 2 is 2.04 bits per heavy atom. The van der Waals surface area contributed by atoms with Crippen molar-refractivity contribution >= 4 is 11.9 Å². The van der Waals surface area contributed by atoms with E-state index in [1.165, 1.54) is 0 Å². The van der Waals surface area contributed by atoms with Crippen molar-refractivity contribution in [1.29, 1.82) is 0 Å². The second-order valence-electron chi connectivity index (χ2n) is 6.15. The summed E-state index contributed by atoms with van der Waals surface area (Å²) in [7, 11) is 3.27. The fourth-order valence-corrected chi connectivity index (χ4v) is 3.57. The lowest BCUT2D eigenvalue weighted by molar-refractivity contribution is -0.141. The molecule has 0 unspecified atom stereocenters. The van der Waals surface area contributed by atoms with Gasteiger partial charge in [-0.05, 0) is 12.0 Å². The first-order chi connectivity index (χ1) is 11.1. The summed E-state index contributed by atoms with van der Waals surface area (Å²) in [5.74, 6) is 0.0215. The van der Waals surface area contributed by atoms with Gasteiger partial charge in [-0.2, -0.15) is 0 Å². The molecule has 0 spiro atoms. The number of carbonyl (C=O) groups excluding carboxylic acids is 2. The van der Waals surface area contributed by atoms with Crippen molar-refractivity contribution in [2.45, 2.75) is 31.0 Å². The lowest BCUT2D eigenvalue weighted by Gasteiger charge is -2.42. The van der Waals surface area contributed by atoms with E-state index >= 15 is 0 Å². The first-order valence-electron chi connectivity index (χ1n) is 7.99. The fourth-order valence-electron chi connectivity index (χ4n) is 3.57. The molecule has 0 radical (unpaired) electrons. The van der Waals surface area contributed by atoms with Gasteiger partial charge in [-0.3, -0.25) is 4.79 Å². The van der Waals surface area contributed by atoms with E-state index in [1.807, 2.05) is 35.2 Å². The van der Waals surface area contributed by atoms with Gasteiger partial charge in [0.15, 0.2) is 0 Å². The van der Waals surface area contributed by atoms with E-state index in [-0.39, 0.29) is 24.1 Å². The molecule has 0 aromatic heterocycles. The van der Waals surface area contributed by atoms with Crippen LogP contribution in [0.15, 0.2) is 30.3 Å². The van der Waals surface area contributed by atoms with Crippen LogP contribution in [0.1, 0.15) is 12.0 Å². The highest BCUT2D eigenvalue weighted by Gasteiger charge is 2.46. The molecule has 3 rings (SSSR count). The summed E-state index contributed by atoms with van der Waals surface area (Å²) in [4.78, 5) is 28.8. The third-order valence-electron chi connectivity index (χ3n) is 4.81. The van der Waals surface area contributed by atoms with E-state index in [1.54, 1.807) is 19.1 Å². The summed E-state index contributed by atoms with van der Waals surface area (Å²) < 4.78 is 5.41. The van der Waals surface area contributed by atoms with E-state index in [9.17, 15) is 9.59 Å². The summed E-state index contributed by atoms with van der Waals surface area (Å²) in [6.45, 7) is 1.18. The minimum absolute atomic E-state index is 0.0215. The molecule has 2 aliphatic rings. The van der Waals surface area contributed by atoms with Gasteiger partial charge in [-0.1, -0.05) is 30.3 Å². The number of piperazine rings is 1. The van der Waals surface area contributed by atoms with Gasteiger partial charge in [0.25, 0.3) is 0 Å². The van der Waals surface area contributed by atoms with Crippen LogP contribution in [0, 0.1) is 0 Å². The summed E-state index contributed by atoms with van der Waals surface area (Å²) in [5, 5.41) is 2.66. The van der Waals surface area contributed by atoms with Crippen LogP contribution in [0.4, 0.5) is 4.79 Å². The van der Waals surface area contributed by atoms with Crippen molar-refractivity contribution in [2.24, 2.45) is 0 Å². The first kappa shape index (κ1) is 15.8. The number of rotatable bonds is 3. The number of hydrogen-bond acceptors (Lipinski definition) is 3. The second kappa shape index (κ2) is 6.58.